The molecule has 0 amide bonds. The summed E-state index contributed by atoms with van der Waals surface area (Å²) < 4.78 is 5.33. The maximum absolute atomic E-state index is 11.4. The first-order valence-corrected chi connectivity index (χ1v) is 6.97. The van der Waals surface area contributed by atoms with Gasteiger partial charge in [-0.3, -0.25) is 0 Å². The molecule has 2 unspecified atom stereocenters. The third-order valence-corrected chi connectivity index (χ3v) is 3.48. The van der Waals surface area contributed by atoms with Gasteiger partial charge in [0.1, 0.15) is 6.10 Å². The predicted octanol–water partition coefficient (Wildman–Crippen LogP) is 3.19. The summed E-state index contributed by atoms with van der Waals surface area (Å²) in [7, 11) is 0. The van der Waals surface area contributed by atoms with Crippen molar-refractivity contribution >= 4 is 11.7 Å². The molecule has 3 rings (SSSR count). The van der Waals surface area contributed by atoms with Crippen LogP contribution in [-0.4, -0.2) is 12.1 Å². The van der Waals surface area contributed by atoms with Gasteiger partial charge in [0, 0.05) is 11.8 Å². The topological polar surface area (TPSA) is 62.1 Å². The number of anilines is 1. The Morgan fingerprint density at radius 3 is 2.64 bits per heavy atom. The Morgan fingerprint density at radius 2 is 1.95 bits per heavy atom. The second-order valence-electron chi connectivity index (χ2n) is 4.99. The molecule has 22 heavy (non-hydrogen) atoms. The molecule has 4 nitrogen and oxygen atoms in total. The average molecular weight is 290 g/mol. The number of carbonyl (C=O) groups excluding carboxylic acids is 1. The van der Waals surface area contributed by atoms with Crippen molar-refractivity contribution in [2.24, 2.45) is 0 Å². The average Bonchev–Trinajstić information content (AvgIpc) is 3.00. The van der Waals surface area contributed by atoms with E-state index in [2.05, 4.69) is 11.4 Å². The van der Waals surface area contributed by atoms with Crippen LogP contribution in [0.1, 0.15) is 17.2 Å². The van der Waals surface area contributed by atoms with Gasteiger partial charge in [0.25, 0.3) is 0 Å². The highest BCUT2D eigenvalue weighted by molar-refractivity contribution is 5.84. The quantitative estimate of drug-likeness (QED) is 0.878. The second-order valence-corrected chi connectivity index (χ2v) is 4.99. The molecule has 4 heteroatoms. The minimum absolute atomic E-state index is 0.210. The van der Waals surface area contributed by atoms with E-state index in [0.717, 1.165) is 11.3 Å². The van der Waals surface area contributed by atoms with Gasteiger partial charge in [0.2, 0.25) is 0 Å². The van der Waals surface area contributed by atoms with Gasteiger partial charge in [0.15, 0.2) is 0 Å². The molecule has 1 N–H and O–H groups in total. The zero-order valence-corrected chi connectivity index (χ0v) is 11.8. The molecule has 1 aliphatic heterocycles. The summed E-state index contributed by atoms with van der Waals surface area (Å²) in [6.45, 7) is 0. The normalized spacial score (nSPS) is 17.6. The minimum Gasteiger partial charge on any atom is -0.452 e. The van der Waals surface area contributed by atoms with Crippen molar-refractivity contribution in [2.75, 3.05) is 5.32 Å². The van der Waals surface area contributed by atoms with E-state index < -0.39 is 0 Å². The standard InChI is InChI=1S/C18H14N2O2/c19-12-13-5-4-8-15(11-13)20-18(14-6-2-1-3-7-14)16-9-10-17(21)22-16/h1-11,16,18,20H. The Balaban J connectivity index is 1.90. The molecule has 0 aromatic heterocycles. The first kappa shape index (κ1) is 13.9. The molecule has 1 heterocycles. The number of rotatable bonds is 4. The van der Waals surface area contributed by atoms with Gasteiger partial charge in [-0.15, -0.1) is 0 Å². The lowest BCUT2D eigenvalue weighted by Crippen LogP contribution is -2.25. The lowest BCUT2D eigenvalue weighted by Gasteiger charge is -2.24. The summed E-state index contributed by atoms with van der Waals surface area (Å²) in [4.78, 5) is 11.4. The molecule has 0 spiro atoms. The van der Waals surface area contributed by atoms with E-state index in [4.69, 9.17) is 10.00 Å². The van der Waals surface area contributed by atoms with E-state index in [1.54, 1.807) is 18.2 Å². The molecule has 1 aliphatic rings. The summed E-state index contributed by atoms with van der Waals surface area (Å²) in [5, 5.41) is 12.4. The smallest absolute Gasteiger partial charge is 0.331 e. The number of ether oxygens (including phenoxy) is 1. The molecule has 0 saturated heterocycles. The monoisotopic (exact) mass is 290 g/mol. The highest BCUT2D eigenvalue weighted by Crippen LogP contribution is 2.28. The first-order chi connectivity index (χ1) is 10.8. The van der Waals surface area contributed by atoms with E-state index >= 15 is 0 Å². The lowest BCUT2D eigenvalue weighted by molar-refractivity contribution is -0.139. The van der Waals surface area contributed by atoms with Gasteiger partial charge in [-0.2, -0.15) is 5.26 Å². The van der Waals surface area contributed by atoms with Crippen LogP contribution in [0.25, 0.3) is 0 Å². The highest BCUT2D eigenvalue weighted by Gasteiger charge is 2.27. The Bertz CT molecular complexity index is 747. The fourth-order valence-corrected chi connectivity index (χ4v) is 2.44. The van der Waals surface area contributed by atoms with Crippen LogP contribution in [0.5, 0.6) is 0 Å². The van der Waals surface area contributed by atoms with Crippen LogP contribution in [0, 0.1) is 11.3 Å². The molecule has 0 saturated carbocycles. The van der Waals surface area contributed by atoms with Crippen molar-refractivity contribution in [3.63, 3.8) is 0 Å². The van der Waals surface area contributed by atoms with E-state index in [0.29, 0.717) is 5.56 Å². The summed E-state index contributed by atoms with van der Waals surface area (Å²) in [6.07, 6.45) is 2.82. The summed E-state index contributed by atoms with van der Waals surface area (Å²) >= 11 is 0. The zero-order chi connectivity index (χ0) is 15.4. The Kier molecular flexibility index (Phi) is 3.88. The van der Waals surface area contributed by atoms with E-state index in [1.165, 1.54) is 6.08 Å². The van der Waals surface area contributed by atoms with Crippen LogP contribution in [0.2, 0.25) is 0 Å². The largest absolute Gasteiger partial charge is 0.452 e. The van der Waals surface area contributed by atoms with Crippen LogP contribution in [-0.2, 0) is 9.53 Å². The van der Waals surface area contributed by atoms with Crippen molar-refractivity contribution in [2.45, 2.75) is 12.1 Å². The number of benzene rings is 2. The van der Waals surface area contributed by atoms with Crippen LogP contribution in [0.3, 0.4) is 0 Å². The molecular weight excluding hydrogens is 276 g/mol. The number of cyclic esters (lactones) is 1. The molecule has 0 bridgehead atoms. The predicted molar refractivity (Wildman–Crippen MR) is 83.0 cm³/mol. The fraction of sp³-hybridized carbons (Fsp3) is 0.111. The molecule has 0 aliphatic carbocycles. The van der Waals surface area contributed by atoms with E-state index in [9.17, 15) is 4.79 Å². The Labute approximate surface area is 128 Å². The van der Waals surface area contributed by atoms with Gasteiger partial charge in [0.05, 0.1) is 17.7 Å². The van der Waals surface area contributed by atoms with E-state index in [-0.39, 0.29) is 18.1 Å². The molecular formula is C18H14N2O2. The third-order valence-electron chi connectivity index (χ3n) is 3.48. The van der Waals surface area contributed by atoms with Gasteiger partial charge in [-0.25, -0.2) is 4.79 Å². The number of carbonyl (C=O) groups is 1. The van der Waals surface area contributed by atoms with E-state index in [1.807, 2.05) is 42.5 Å². The fourth-order valence-electron chi connectivity index (χ4n) is 2.44. The number of hydrogen-bond acceptors (Lipinski definition) is 4. The maximum Gasteiger partial charge on any atom is 0.331 e. The first-order valence-electron chi connectivity index (χ1n) is 6.97. The third kappa shape index (κ3) is 2.99. The molecule has 108 valence electrons. The van der Waals surface area contributed by atoms with Gasteiger partial charge < -0.3 is 10.1 Å². The zero-order valence-electron chi connectivity index (χ0n) is 11.8. The molecule has 0 radical (unpaired) electrons. The number of nitrogens with zero attached hydrogens (tertiary/aromatic N) is 1. The van der Waals surface area contributed by atoms with Crippen molar-refractivity contribution in [1.82, 2.24) is 0 Å². The molecule has 2 atom stereocenters. The summed E-state index contributed by atoms with van der Waals surface area (Å²) in [5.41, 5.74) is 2.40. The minimum atomic E-state index is -0.374. The van der Waals surface area contributed by atoms with Crippen LogP contribution < -0.4 is 5.32 Å². The van der Waals surface area contributed by atoms with Crippen LogP contribution in [0.4, 0.5) is 5.69 Å². The van der Waals surface area contributed by atoms with Gasteiger partial charge in [-0.1, -0.05) is 36.4 Å². The maximum atomic E-state index is 11.4. The molecule has 0 fully saturated rings. The SMILES string of the molecule is N#Cc1cccc(NC(c2ccccc2)C2C=CC(=O)O2)c1. The summed E-state index contributed by atoms with van der Waals surface area (Å²) in [5.74, 6) is -0.335. The number of nitrogens with one attached hydrogen (secondary N) is 1. The van der Waals surface area contributed by atoms with Crippen molar-refractivity contribution in [3.05, 3.63) is 77.9 Å². The molecule has 2 aromatic carbocycles. The van der Waals surface area contributed by atoms with Crippen molar-refractivity contribution in [1.29, 1.82) is 5.26 Å². The number of hydrogen-bond donors (Lipinski definition) is 1. The summed E-state index contributed by atoms with van der Waals surface area (Å²) in [6, 6.07) is 18.9. The Morgan fingerprint density at radius 1 is 1.14 bits per heavy atom. The highest BCUT2D eigenvalue weighted by atomic mass is 16.5. The van der Waals surface area contributed by atoms with Crippen LogP contribution >= 0.6 is 0 Å². The number of nitriles is 1. The van der Waals surface area contributed by atoms with Gasteiger partial charge >= 0.3 is 5.97 Å². The lowest BCUT2D eigenvalue weighted by atomic mass is 10.0. The second kappa shape index (κ2) is 6.15. The van der Waals surface area contributed by atoms with Crippen molar-refractivity contribution in [3.8, 4) is 6.07 Å². The van der Waals surface area contributed by atoms with Crippen molar-refractivity contribution < 1.29 is 9.53 Å². The van der Waals surface area contributed by atoms with Gasteiger partial charge in [-0.05, 0) is 29.8 Å². The van der Waals surface area contributed by atoms with Crippen LogP contribution in [0.15, 0.2) is 66.7 Å². The molecule has 2 aromatic rings. The Hall–Kier alpha value is -3.06. The number of esters is 1.